The van der Waals surface area contributed by atoms with Crippen LogP contribution in [0.5, 0.6) is 0 Å². The van der Waals surface area contributed by atoms with Gasteiger partial charge in [-0.05, 0) is 17.9 Å². The van der Waals surface area contributed by atoms with Gasteiger partial charge in [0, 0.05) is 6.42 Å². The summed E-state index contributed by atoms with van der Waals surface area (Å²) in [6.07, 6.45) is 0.323. The fourth-order valence-electron chi connectivity index (χ4n) is 3.04. The zero-order valence-corrected chi connectivity index (χ0v) is 15.2. The number of benzene rings is 1. The van der Waals surface area contributed by atoms with Crippen LogP contribution in [0.2, 0.25) is 18.6 Å². The summed E-state index contributed by atoms with van der Waals surface area (Å²) in [4.78, 5) is 12.1. The van der Waals surface area contributed by atoms with Gasteiger partial charge in [0.15, 0.2) is 0 Å². The smallest absolute Gasteiger partial charge is 0.466 e. The van der Waals surface area contributed by atoms with Crippen LogP contribution in [-0.2, 0) is 18.8 Å². The highest BCUT2D eigenvalue weighted by molar-refractivity contribution is 6.92. The number of carbonyl (C=O) groups excluding carboxylic acids is 1. The molecule has 0 N–H and O–H groups in total. The molecule has 1 aliphatic rings. The van der Waals surface area contributed by atoms with Crippen molar-refractivity contribution in [3.05, 3.63) is 42.4 Å². The van der Waals surface area contributed by atoms with Crippen molar-refractivity contribution in [2.75, 3.05) is 19.8 Å². The zero-order valence-electron chi connectivity index (χ0n) is 14.2. The Bertz CT molecular complexity index is 541. The van der Waals surface area contributed by atoms with Crippen LogP contribution in [0, 0.1) is 0 Å². The monoisotopic (exact) mass is 332 g/mol. The highest BCUT2D eigenvalue weighted by atomic mass is 28.3. The largest absolute Gasteiger partial charge is 0.489 e. The SMILES string of the molecule is C=C(B1OCCO1)C(CC(=O)OCC)[Si](C)(C)c1ccccc1. The molecule has 1 aromatic carbocycles. The lowest BCUT2D eigenvalue weighted by Gasteiger charge is -2.34. The first kappa shape index (κ1) is 18.0. The lowest BCUT2D eigenvalue weighted by Crippen LogP contribution is -2.49. The van der Waals surface area contributed by atoms with E-state index in [0.29, 0.717) is 26.2 Å². The van der Waals surface area contributed by atoms with Gasteiger partial charge in [0.2, 0.25) is 0 Å². The van der Waals surface area contributed by atoms with Gasteiger partial charge in [-0.2, -0.15) is 0 Å². The van der Waals surface area contributed by atoms with Gasteiger partial charge in [-0.15, -0.1) is 6.58 Å². The van der Waals surface area contributed by atoms with Crippen LogP contribution in [0.15, 0.2) is 42.4 Å². The summed E-state index contributed by atoms with van der Waals surface area (Å²) in [6, 6.07) is 10.3. The summed E-state index contributed by atoms with van der Waals surface area (Å²) in [5, 5.41) is 1.29. The van der Waals surface area contributed by atoms with E-state index in [9.17, 15) is 4.79 Å². The van der Waals surface area contributed by atoms with Gasteiger partial charge < -0.3 is 14.0 Å². The van der Waals surface area contributed by atoms with Crippen molar-refractivity contribution in [1.29, 1.82) is 0 Å². The Balaban J connectivity index is 2.27. The number of ether oxygens (including phenoxy) is 1. The quantitative estimate of drug-likeness (QED) is 0.569. The van der Waals surface area contributed by atoms with Crippen molar-refractivity contribution < 1.29 is 18.8 Å². The Morgan fingerprint density at radius 3 is 2.48 bits per heavy atom. The Labute approximate surface area is 140 Å². The van der Waals surface area contributed by atoms with Gasteiger partial charge in [0.1, 0.15) is 0 Å². The van der Waals surface area contributed by atoms with E-state index in [1.54, 1.807) is 0 Å². The van der Waals surface area contributed by atoms with E-state index >= 15 is 0 Å². The lowest BCUT2D eigenvalue weighted by atomic mass is 9.76. The number of carbonyl (C=O) groups is 1. The summed E-state index contributed by atoms with van der Waals surface area (Å²) in [6.45, 7) is 12.1. The average Bonchev–Trinajstić information content (AvgIpc) is 3.07. The zero-order chi connectivity index (χ0) is 16.9. The van der Waals surface area contributed by atoms with Crippen LogP contribution in [-0.4, -0.2) is 41.0 Å². The number of allylic oxidation sites excluding steroid dienone is 1. The highest BCUT2D eigenvalue weighted by Gasteiger charge is 2.43. The van der Waals surface area contributed by atoms with Crippen molar-refractivity contribution in [3.63, 3.8) is 0 Å². The molecule has 124 valence electrons. The van der Waals surface area contributed by atoms with Gasteiger partial charge in [-0.1, -0.05) is 48.6 Å². The first-order valence-electron chi connectivity index (χ1n) is 8.09. The van der Waals surface area contributed by atoms with E-state index in [4.69, 9.17) is 14.0 Å². The van der Waals surface area contributed by atoms with Crippen LogP contribution in [0.25, 0.3) is 0 Å². The predicted octanol–water partition coefficient (Wildman–Crippen LogP) is 2.56. The molecule has 1 atom stereocenters. The van der Waals surface area contributed by atoms with Crippen molar-refractivity contribution in [3.8, 4) is 0 Å². The molecule has 4 nitrogen and oxygen atoms in total. The molecule has 0 bridgehead atoms. The van der Waals surface area contributed by atoms with E-state index in [2.05, 4.69) is 31.8 Å². The first-order valence-corrected chi connectivity index (χ1v) is 11.2. The predicted molar refractivity (Wildman–Crippen MR) is 95.4 cm³/mol. The molecule has 1 saturated heterocycles. The molecular weight excluding hydrogens is 307 g/mol. The molecule has 0 amide bonds. The minimum Gasteiger partial charge on any atom is -0.466 e. The first-order chi connectivity index (χ1) is 11.0. The third-order valence-electron chi connectivity index (χ3n) is 4.44. The molecule has 1 aromatic rings. The number of esters is 1. The summed E-state index contributed by atoms with van der Waals surface area (Å²) in [5.41, 5.74) is 0.864. The molecule has 1 fully saturated rings. The molecule has 1 aliphatic heterocycles. The van der Waals surface area contributed by atoms with Crippen molar-refractivity contribution in [2.45, 2.75) is 32.0 Å². The normalized spacial score (nSPS) is 16.2. The number of rotatable bonds is 7. The minimum absolute atomic E-state index is 0.00653. The molecule has 1 heterocycles. The maximum Gasteiger partial charge on any atom is 0.489 e. The number of hydrogen-bond donors (Lipinski definition) is 0. The maximum atomic E-state index is 12.1. The maximum absolute atomic E-state index is 12.1. The molecule has 1 unspecified atom stereocenters. The molecule has 0 saturated carbocycles. The molecule has 0 aromatic heterocycles. The van der Waals surface area contributed by atoms with E-state index in [0.717, 1.165) is 5.47 Å². The third-order valence-corrected chi connectivity index (χ3v) is 8.58. The molecular formula is C17H25BO4Si. The summed E-state index contributed by atoms with van der Waals surface area (Å²) in [7, 11) is -2.40. The fraction of sp³-hybridized carbons (Fsp3) is 0.471. The molecule has 2 rings (SSSR count). The Morgan fingerprint density at radius 2 is 1.91 bits per heavy atom. The van der Waals surface area contributed by atoms with Gasteiger partial charge in [0.05, 0.1) is 27.9 Å². The second-order valence-electron chi connectivity index (χ2n) is 6.30. The molecule has 0 spiro atoms. The summed E-state index contributed by atoms with van der Waals surface area (Å²) >= 11 is 0. The second-order valence-corrected chi connectivity index (χ2v) is 11.0. The Hall–Kier alpha value is -1.37. The van der Waals surface area contributed by atoms with Gasteiger partial charge in [-0.25, -0.2) is 0 Å². The topological polar surface area (TPSA) is 44.8 Å². The standard InChI is InChI=1S/C17H25BO4Si/c1-5-20-17(19)13-16(14(2)18-21-11-12-22-18)23(3,4)15-9-7-6-8-10-15/h6-10,16H,2,5,11-13H2,1,3-4H3. The molecule has 0 aliphatic carbocycles. The van der Waals surface area contributed by atoms with Crippen LogP contribution in [0.1, 0.15) is 13.3 Å². The number of hydrogen-bond acceptors (Lipinski definition) is 4. The van der Waals surface area contributed by atoms with Crippen LogP contribution >= 0.6 is 0 Å². The highest BCUT2D eigenvalue weighted by Crippen LogP contribution is 2.35. The Kier molecular flexibility index (Phi) is 6.21. The third kappa shape index (κ3) is 4.34. The van der Waals surface area contributed by atoms with E-state index in [-0.39, 0.29) is 11.5 Å². The minimum atomic E-state index is -1.99. The summed E-state index contributed by atoms with van der Waals surface area (Å²) < 4.78 is 16.4. The fourth-order valence-corrected chi connectivity index (χ4v) is 6.24. The van der Waals surface area contributed by atoms with Crippen molar-refractivity contribution in [1.82, 2.24) is 0 Å². The lowest BCUT2D eigenvalue weighted by molar-refractivity contribution is -0.143. The molecule has 23 heavy (non-hydrogen) atoms. The van der Waals surface area contributed by atoms with Gasteiger partial charge in [0.25, 0.3) is 0 Å². The van der Waals surface area contributed by atoms with Crippen LogP contribution in [0.4, 0.5) is 0 Å². The van der Waals surface area contributed by atoms with Crippen LogP contribution < -0.4 is 5.19 Å². The average molecular weight is 332 g/mol. The van der Waals surface area contributed by atoms with E-state index in [1.165, 1.54) is 5.19 Å². The van der Waals surface area contributed by atoms with E-state index in [1.807, 2.05) is 25.1 Å². The molecule has 6 heteroatoms. The van der Waals surface area contributed by atoms with E-state index < -0.39 is 15.2 Å². The van der Waals surface area contributed by atoms with Gasteiger partial charge in [-0.3, -0.25) is 4.79 Å². The van der Waals surface area contributed by atoms with Gasteiger partial charge >= 0.3 is 13.1 Å². The van der Waals surface area contributed by atoms with Crippen molar-refractivity contribution in [2.24, 2.45) is 0 Å². The molecule has 0 radical (unpaired) electrons. The second kappa shape index (κ2) is 7.95. The Morgan fingerprint density at radius 1 is 1.30 bits per heavy atom. The van der Waals surface area contributed by atoms with Crippen molar-refractivity contribution >= 4 is 26.3 Å². The van der Waals surface area contributed by atoms with Crippen LogP contribution in [0.3, 0.4) is 0 Å². The summed E-state index contributed by atoms with van der Waals surface area (Å²) in [5.74, 6) is -0.187.